The molecule has 0 unspecified atom stereocenters. The van der Waals surface area contributed by atoms with Crippen molar-refractivity contribution in [2.24, 2.45) is 0 Å². The maximum Gasteiger partial charge on any atom is 0.338 e. The molecule has 4 rings (SSSR count). The molecular weight excluding hydrogens is 386 g/mol. The molecule has 7 heteroatoms. The maximum atomic E-state index is 13.2. The molecule has 27 heavy (non-hydrogen) atoms. The predicted octanol–water partition coefficient (Wildman–Crippen LogP) is 4.19. The molecule has 0 amide bonds. The lowest BCUT2D eigenvalue weighted by atomic mass is 10.2. The minimum Gasteiger partial charge on any atom is -0.459 e. The SMILES string of the molecule is O=C(OC1CCCC1)c1ccc(Cl)c(S(=O)(=O)N2CCc3ccccc32)c1. The third-order valence-electron chi connectivity index (χ3n) is 5.16. The highest BCUT2D eigenvalue weighted by Crippen LogP contribution is 2.35. The number of sulfonamides is 1. The Morgan fingerprint density at radius 1 is 1.11 bits per heavy atom. The highest BCUT2D eigenvalue weighted by atomic mass is 35.5. The van der Waals surface area contributed by atoms with Crippen molar-refractivity contribution in [1.29, 1.82) is 0 Å². The Hall–Kier alpha value is -2.05. The smallest absolute Gasteiger partial charge is 0.338 e. The number of rotatable bonds is 4. The zero-order chi connectivity index (χ0) is 19.0. The number of hydrogen-bond acceptors (Lipinski definition) is 4. The topological polar surface area (TPSA) is 63.7 Å². The Kier molecular flexibility index (Phi) is 4.86. The number of anilines is 1. The van der Waals surface area contributed by atoms with Crippen LogP contribution in [0.2, 0.25) is 5.02 Å². The third kappa shape index (κ3) is 3.44. The summed E-state index contributed by atoms with van der Waals surface area (Å²) >= 11 is 6.20. The molecule has 0 N–H and O–H groups in total. The molecule has 1 aliphatic carbocycles. The van der Waals surface area contributed by atoms with Crippen LogP contribution >= 0.6 is 11.6 Å². The van der Waals surface area contributed by atoms with Crippen molar-refractivity contribution in [2.75, 3.05) is 10.8 Å². The average Bonchev–Trinajstić information content (AvgIpc) is 3.31. The number of para-hydroxylation sites is 1. The van der Waals surface area contributed by atoms with Gasteiger partial charge in [0, 0.05) is 6.54 Å². The lowest BCUT2D eigenvalue weighted by Gasteiger charge is -2.20. The van der Waals surface area contributed by atoms with Crippen LogP contribution in [0.15, 0.2) is 47.4 Å². The summed E-state index contributed by atoms with van der Waals surface area (Å²) in [6, 6.07) is 11.7. The lowest BCUT2D eigenvalue weighted by molar-refractivity contribution is 0.0317. The van der Waals surface area contributed by atoms with Crippen molar-refractivity contribution in [1.82, 2.24) is 0 Å². The zero-order valence-corrected chi connectivity index (χ0v) is 16.3. The Morgan fingerprint density at radius 3 is 2.63 bits per heavy atom. The van der Waals surface area contributed by atoms with E-state index in [9.17, 15) is 13.2 Å². The van der Waals surface area contributed by atoms with Gasteiger partial charge in [0.25, 0.3) is 10.0 Å². The third-order valence-corrected chi connectivity index (χ3v) is 7.45. The minimum absolute atomic E-state index is 0.0678. The molecule has 142 valence electrons. The molecule has 1 aliphatic heterocycles. The van der Waals surface area contributed by atoms with E-state index >= 15 is 0 Å². The molecule has 1 saturated carbocycles. The molecule has 1 heterocycles. The van der Waals surface area contributed by atoms with E-state index in [1.807, 2.05) is 18.2 Å². The van der Waals surface area contributed by atoms with Gasteiger partial charge >= 0.3 is 5.97 Å². The second-order valence-electron chi connectivity index (χ2n) is 6.91. The van der Waals surface area contributed by atoms with Crippen LogP contribution in [-0.4, -0.2) is 27.0 Å². The molecule has 1 fully saturated rings. The lowest BCUT2D eigenvalue weighted by Crippen LogP contribution is -2.29. The van der Waals surface area contributed by atoms with Crippen LogP contribution in [-0.2, 0) is 21.2 Å². The van der Waals surface area contributed by atoms with E-state index in [0.29, 0.717) is 18.7 Å². The first-order chi connectivity index (χ1) is 13.0. The van der Waals surface area contributed by atoms with Gasteiger partial charge in [0.05, 0.1) is 16.3 Å². The van der Waals surface area contributed by atoms with Gasteiger partial charge in [-0.3, -0.25) is 4.31 Å². The molecule has 0 bridgehead atoms. The number of hydrogen-bond donors (Lipinski definition) is 0. The second kappa shape index (κ2) is 7.17. The monoisotopic (exact) mass is 405 g/mol. The number of esters is 1. The summed E-state index contributed by atoms with van der Waals surface area (Å²) in [7, 11) is -3.87. The number of ether oxygens (including phenoxy) is 1. The van der Waals surface area contributed by atoms with Crippen molar-refractivity contribution < 1.29 is 17.9 Å². The highest BCUT2D eigenvalue weighted by Gasteiger charge is 2.33. The summed E-state index contributed by atoms with van der Waals surface area (Å²) in [5, 5.41) is 0.0943. The van der Waals surface area contributed by atoms with Crippen LogP contribution in [0, 0.1) is 0 Å². The molecule has 0 spiro atoms. The molecule has 2 aliphatic rings. The largest absolute Gasteiger partial charge is 0.459 e. The van der Waals surface area contributed by atoms with Crippen molar-refractivity contribution in [3.05, 3.63) is 58.6 Å². The van der Waals surface area contributed by atoms with Crippen LogP contribution in [0.3, 0.4) is 0 Å². The minimum atomic E-state index is -3.87. The summed E-state index contributed by atoms with van der Waals surface area (Å²) < 4.78 is 33.3. The van der Waals surface area contributed by atoms with Crippen LogP contribution < -0.4 is 4.31 Å². The number of nitrogens with zero attached hydrogens (tertiary/aromatic N) is 1. The van der Waals surface area contributed by atoms with Gasteiger partial charge < -0.3 is 4.74 Å². The van der Waals surface area contributed by atoms with Gasteiger partial charge in [0.2, 0.25) is 0 Å². The Morgan fingerprint density at radius 2 is 1.85 bits per heavy atom. The fourth-order valence-corrected chi connectivity index (χ4v) is 5.74. The van der Waals surface area contributed by atoms with E-state index in [1.165, 1.54) is 22.5 Å². The van der Waals surface area contributed by atoms with E-state index in [1.54, 1.807) is 6.07 Å². The van der Waals surface area contributed by atoms with Crippen LogP contribution in [0.25, 0.3) is 0 Å². The van der Waals surface area contributed by atoms with Gasteiger partial charge in [0.15, 0.2) is 0 Å². The molecular formula is C20H20ClNO4S. The van der Waals surface area contributed by atoms with Crippen molar-refractivity contribution in [2.45, 2.75) is 43.1 Å². The number of halogens is 1. The zero-order valence-electron chi connectivity index (χ0n) is 14.7. The molecule has 0 aromatic heterocycles. The van der Waals surface area contributed by atoms with Gasteiger partial charge in [-0.25, -0.2) is 13.2 Å². The number of benzene rings is 2. The van der Waals surface area contributed by atoms with Gasteiger partial charge in [-0.15, -0.1) is 0 Å². The fourth-order valence-electron chi connectivity index (χ4n) is 3.73. The normalized spacial score (nSPS) is 17.1. The summed E-state index contributed by atoms with van der Waals surface area (Å²) in [5.41, 5.74) is 1.85. The average molecular weight is 406 g/mol. The van der Waals surface area contributed by atoms with Gasteiger partial charge in [0.1, 0.15) is 11.0 Å². The molecule has 0 atom stereocenters. The Balaban J connectivity index is 1.66. The number of fused-ring (bicyclic) bond motifs is 1. The van der Waals surface area contributed by atoms with Crippen molar-refractivity contribution >= 4 is 33.3 Å². The van der Waals surface area contributed by atoms with Gasteiger partial charge in [-0.2, -0.15) is 0 Å². The Labute approximate surface area is 163 Å². The van der Waals surface area contributed by atoms with Gasteiger partial charge in [-0.05, 0) is 61.9 Å². The van der Waals surface area contributed by atoms with Crippen LogP contribution in [0.1, 0.15) is 41.6 Å². The first kappa shape index (κ1) is 18.3. The van der Waals surface area contributed by atoms with Crippen LogP contribution in [0.4, 0.5) is 5.69 Å². The number of carbonyl (C=O) groups is 1. The number of carbonyl (C=O) groups excluding carboxylic acids is 1. The molecule has 5 nitrogen and oxygen atoms in total. The standard InChI is InChI=1S/C20H20ClNO4S/c21-17-10-9-15(20(23)26-16-6-2-3-7-16)13-19(17)27(24,25)22-12-11-14-5-1-4-8-18(14)22/h1,4-5,8-10,13,16H,2-3,6-7,11-12H2. The summed E-state index contributed by atoms with van der Waals surface area (Å²) in [6.07, 6.45) is 4.37. The summed E-state index contributed by atoms with van der Waals surface area (Å²) in [5.74, 6) is -0.503. The quantitative estimate of drug-likeness (QED) is 0.715. The van der Waals surface area contributed by atoms with E-state index < -0.39 is 16.0 Å². The summed E-state index contributed by atoms with van der Waals surface area (Å²) in [6.45, 7) is 0.356. The van der Waals surface area contributed by atoms with Crippen molar-refractivity contribution in [3.8, 4) is 0 Å². The van der Waals surface area contributed by atoms with E-state index in [-0.39, 0.29) is 21.6 Å². The molecule has 2 aromatic rings. The molecule has 0 saturated heterocycles. The summed E-state index contributed by atoms with van der Waals surface area (Å²) in [4.78, 5) is 12.4. The van der Waals surface area contributed by atoms with Gasteiger partial charge in [-0.1, -0.05) is 29.8 Å². The Bertz CT molecular complexity index is 983. The van der Waals surface area contributed by atoms with E-state index in [4.69, 9.17) is 16.3 Å². The second-order valence-corrected chi connectivity index (χ2v) is 9.15. The first-order valence-corrected chi connectivity index (χ1v) is 10.9. The van der Waals surface area contributed by atoms with Crippen LogP contribution in [0.5, 0.6) is 0 Å². The van der Waals surface area contributed by atoms with E-state index in [2.05, 4.69) is 0 Å². The predicted molar refractivity (Wildman–Crippen MR) is 104 cm³/mol. The maximum absolute atomic E-state index is 13.2. The molecule has 0 radical (unpaired) electrons. The first-order valence-electron chi connectivity index (χ1n) is 9.08. The highest BCUT2D eigenvalue weighted by molar-refractivity contribution is 7.93. The molecule has 2 aromatic carbocycles. The fraction of sp³-hybridized carbons (Fsp3) is 0.350. The van der Waals surface area contributed by atoms with Crippen molar-refractivity contribution in [3.63, 3.8) is 0 Å². The van der Waals surface area contributed by atoms with E-state index in [0.717, 1.165) is 31.2 Å².